The first-order valence-electron chi connectivity index (χ1n) is 6.56. The van der Waals surface area contributed by atoms with Crippen LogP contribution in [0.3, 0.4) is 0 Å². The van der Waals surface area contributed by atoms with Crippen molar-refractivity contribution in [1.82, 2.24) is 9.97 Å². The third kappa shape index (κ3) is 3.22. The van der Waals surface area contributed by atoms with E-state index in [9.17, 15) is 0 Å². The largest absolute Gasteiger partial charge is 0.493 e. The predicted octanol–water partition coefficient (Wildman–Crippen LogP) is 3.28. The Morgan fingerprint density at radius 2 is 1.95 bits per heavy atom. The van der Waals surface area contributed by atoms with Crippen LogP contribution in [0.15, 0.2) is 30.3 Å². The molecule has 1 aromatic heterocycles. The Morgan fingerprint density at radius 1 is 1.16 bits per heavy atom. The lowest BCUT2D eigenvalue weighted by Gasteiger charge is -2.11. The number of nitrogens with one attached hydrogen (secondary N) is 1. The van der Waals surface area contributed by atoms with Crippen molar-refractivity contribution in [2.45, 2.75) is 20.8 Å². The van der Waals surface area contributed by atoms with Gasteiger partial charge in [0.05, 0.1) is 12.3 Å². The summed E-state index contributed by atoms with van der Waals surface area (Å²) in [7, 11) is 0. The summed E-state index contributed by atoms with van der Waals surface area (Å²) in [4.78, 5) is 8.90. The summed E-state index contributed by atoms with van der Waals surface area (Å²) in [5, 5.41) is 3.15. The second kappa shape index (κ2) is 6.18. The van der Waals surface area contributed by atoms with Gasteiger partial charge in [0.25, 0.3) is 0 Å². The fourth-order valence-electron chi connectivity index (χ4n) is 1.90. The van der Waals surface area contributed by atoms with Crippen LogP contribution in [-0.4, -0.2) is 23.1 Å². The van der Waals surface area contributed by atoms with Gasteiger partial charge in [0.1, 0.15) is 5.75 Å². The maximum atomic E-state index is 5.65. The lowest BCUT2D eigenvalue weighted by atomic mass is 10.1. The Labute approximate surface area is 113 Å². The van der Waals surface area contributed by atoms with Gasteiger partial charge in [-0.3, -0.25) is 0 Å². The highest BCUT2D eigenvalue weighted by Crippen LogP contribution is 2.29. The summed E-state index contributed by atoms with van der Waals surface area (Å²) >= 11 is 0. The van der Waals surface area contributed by atoms with Gasteiger partial charge in [0.15, 0.2) is 0 Å². The van der Waals surface area contributed by atoms with E-state index in [1.807, 2.05) is 51.1 Å². The van der Waals surface area contributed by atoms with Gasteiger partial charge in [0, 0.05) is 17.8 Å². The molecule has 0 unspecified atom stereocenters. The summed E-state index contributed by atoms with van der Waals surface area (Å²) in [5.74, 6) is 1.51. The molecule has 0 aliphatic rings. The van der Waals surface area contributed by atoms with Crippen LogP contribution in [0, 0.1) is 6.92 Å². The second-order valence-corrected chi connectivity index (χ2v) is 4.18. The van der Waals surface area contributed by atoms with Crippen LogP contribution in [0.5, 0.6) is 5.75 Å². The Hall–Kier alpha value is -2.10. The molecular weight excluding hydrogens is 238 g/mol. The molecule has 19 heavy (non-hydrogen) atoms. The van der Waals surface area contributed by atoms with Crippen LogP contribution < -0.4 is 10.1 Å². The molecule has 0 spiro atoms. The number of hydrogen-bond acceptors (Lipinski definition) is 4. The van der Waals surface area contributed by atoms with Crippen molar-refractivity contribution in [3.05, 3.63) is 36.0 Å². The van der Waals surface area contributed by atoms with Crippen molar-refractivity contribution < 1.29 is 4.74 Å². The zero-order valence-corrected chi connectivity index (χ0v) is 11.6. The SMILES string of the molecule is CCNc1nc(C)cc(-c2ccccc2OCC)n1. The molecule has 0 atom stereocenters. The third-order valence-corrected chi connectivity index (χ3v) is 2.65. The number of hydrogen-bond donors (Lipinski definition) is 1. The molecule has 0 aliphatic heterocycles. The Balaban J connectivity index is 2.46. The number of ether oxygens (including phenoxy) is 1. The minimum Gasteiger partial charge on any atom is -0.493 e. The maximum absolute atomic E-state index is 5.65. The summed E-state index contributed by atoms with van der Waals surface area (Å²) < 4.78 is 5.65. The molecule has 100 valence electrons. The second-order valence-electron chi connectivity index (χ2n) is 4.18. The Kier molecular flexibility index (Phi) is 4.34. The van der Waals surface area contributed by atoms with E-state index < -0.39 is 0 Å². The summed E-state index contributed by atoms with van der Waals surface area (Å²) in [6, 6.07) is 9.90. The predicted molar refractivity (Wildman–Crippen MR) is 77.5 cm³/mol. The van der Waals surface area contributed by atoms with Crippen molar-refractivity contribution in [1.29, 1.82) is 0 Å². The van der Waals surface area contributed by atoms with Crippen LogP contribution >= 0.6 is 0 Å². The quantitative estimate of drug-likeness (QED) is 0.893. The van der Waals surface area contributed by atoms with Crippen LogP contribution in [0.1, 0.15) is 19.5 Å². The molecule has 0 saturated heterocycles. The lowest BCUT2D eigenvalue weighted by molar-refractivity contribution is 0.341. The first-order valence-corrected chi connectivity index (χ1v) is 6.56. The normalized spacial score (nSPS) is 10.3. The number of nitrogens with zero attached hydrogens (tertiary/aromatic N) is 2. The minimum atomic E-state index is 0.640. The molecule has 0 aliphatic carbocycles. The lowest BCUT2D eigenvalue weighted by Crippen LogP contribution is -2.04. The van der Waals surface area contributed by atoms with E-state index in [1.165, 1.54) is 0 Å². The van der Waals surface area contributed by atoms with Gasteiger partial charge in [-0.15, -0.1) is 0 Å². The highest BCUT2D eigenvalue weighted by atomic mass is 16.5. The maximum Gasteiger partial charge on any atom is 0.223 e. The van der Waals surface area contributed by atoms with Crippen LogP contribution in [0.2, 0.25) is 0 Å². The van der Waals surface area contributed by atoms with Gasteiger partial charge < -0.3 is 10.1 Å². The summed E-state index contributed by atoms with van der Waals surface area (Å²) in [6.07, 6.45) is 0. The molecule has 1 aromatic carbocycles. The van der Waals surface area contributed by atoms with Crippen LogP contribution in [0.4, 0.5) is 5.95 Å². The molecule has 2 aromatic rings. The van der Waals surface area contributed by atoms with Gasteiger partial charge in [-0.25, -0.2) is 9.97 Å². The van der Waals surface area contributed by atoms with Crippen molar-refractivity contribution >= 4 is 5.95 Å². The van der Waals surface area contributed by atoms with Crippen LogP contribution in [-0.2, 0) is 0 Å². The van der Waals surface area contributed by atoms with Crippen molar-refractivity contribution in [3.63, 3.8) is 0 Å². The molecule has 0 amide bonds. The average molecular weight is 257 g/mol. The smallest absolute Gasteiger partial charge is 0.223 e. The highest BCUT2D eigenvalue weighted by molar-refractivity contribution is 5.68. The first kappa shape index (κ1) is 13.3. The van der Waals surface area contributed by atoms with Gasteiger partial charge in [-0.2, -0.15) is 0 Å². The van der Waals surface area contributed by atoms with E-state index in [2.05, 4.69) is 15.3 Å². The van der Waals surface area contributed by atoms with Gasteiger partial charge in [-0.1, -0.05) is 12.1 Å². The fourth-order valence-corrected chi connectivity index (χ4v) is 1.90. The standard InChI is InChI=1S/C15H19N3O/c1-4-16-15-17-11(3)10-13(18-15)12-8-6-7-9-14(12)19-5-2/h6-10H,4-5H2,1-3H3,(H,16,17,18). The fraction of sp³-hybridized carbons (Fsp3) is 0.333. The molecule has 0 bridgehead atoms. The zero-order chi connectivity index (χ0) is 13.7. The Bertz CT molecular complexity index is 555. The number of rotatable bonds is 5. The summed E-state index contributed by atoms with van der Waals surface area (Å²) in [6.45, 7) is 7.41. The van der Waals surface area contributed by atoms with E-state index >= 15 is 0 Å². The van der Waals surface area contributed by atoms with Gasteiger partial charge >= 0.3 is 0 Å². The van der Waals surface area contributed by atoms with E-state index in [0.29, 0.717) is 12.6 Å². The molecule has 1 N–H and O–H groups in total. The molecule has 2 rings (SSSR count). The number of para-hydroxylation sites is 1. The highest BCUT2D eigenvalue weighted by Gasteiger charge is 2.09. The third-order valence-electron chi connectivity index (χ3n) is 2.65. The molecule has 0 radical (unpaired) electrons. The topological polar surface area (TPSA) is 47.0 Å². The molecule has 4 heteroatoms. The zero-order valence-electron chi connectivity index (χ0n) is 11.6. The average Bonchev–Trinajstić information content (AvgIpc) is 2.39. The molecule has 0 fully saturated rings. The van der Waals surface area contributed by atoms with Gasteiger partial charge in [0.2, 0.25) is 5.95 Å². The summed E-state index contributed by atoms with van der Waals surface area (Å²) in [5.41, 5.74) is 2.81. The number of benzene rings is 1. The van der Waals surface area contributed by atoms with Crippen molar-refractivity contribution in [2.75, 3.05) is 18.5 Å². The molecule has 4 nitrogen and oxygen atoms in total. The number of aromatic nitrogens is 2. The molecule has 1 heterocycles. The number of aryl methyl sites for hydroxylation is 1. The molecule has 0 saturated carbocycles. The molecular formula is C15H19N3O. The van der Waals surface area contributed by atoms with E-state index in [1.54, 1.807) is 0 Å². The van der Waals surface area contributed by atoms with Crippen LogP contribution in [0.25, 0.3) is 11.3 Å². The van der Waals surface area contributed by atoms with E-state index in [4.69, 9.17) is 4.74 Å². The van der Waals surface area contributed by atoms with Gasteiger partial charge in [-0.05, 0) is 39.0 Å². The van der Waals surface area contributed by atoms with Crippen molar-refractivity contribution in [3.8, 4) is 17.0 Å². The van der Waals surface area contributed by atoms with E-state index in [0.717, 1.165) is 29.2 Å². The van der Waals surface area contributed by atoms with Crippen molar-refractivity contribution in [2.24, 2.45) is 0 Å². The Morgan fingerprint density at radius 3 is 2.68 bits per heavy atom. The van der Waals surface area contributed by atoms with E-state index in [-0.39, 0.29) is 0 Å². The minimum absolute atomic E-state index is 0.640. The number of anilines is 1. The first-order chi connectivity index (χ1) is 9.24. The monoisotopic (exact) mass is 257 g/mol.